The van der Waals surface area contributed by atoms with Crippen molar-refractivity contribution in [2.45, 2.75) is 31.5 Å². The third-order valence-corrected chi connectivity index (χ3v) is 5.08. The summed E-state index contributed by atoms with van der Waals surface area (Å²) in [6.07, 6.45) is 2.97. The summed E-state index contributed by atoms with van der Waals surface area (Å²) in [5.41, 5.74) is 0.0446. The second-order valence-corrected chi connectivity index (χ2v) is 7.84. The van der Waals surface area contributed by atoms with Crippen LogP contribution < -0.4 is 5.32 Å². The number of hydrogen-bond donors (Lipinski definition) is 2. The SMILES string of the molecule is CC1(C)[C@@H](CO)C[C@H]1Nc1nc(S(C)(=O)=O)ncc1C#N. The number of anilines is 1. The van der Waals surface area contributed by atoms with Gasteiger partial charge in [0, 0.05) is 18.9 Å². The summed E-state index contributed by atoms with van der Waals surface area (Å²) in [6.45, 7) is 4.13. The number of nitriles is 1. The van der Waals surface area contributed by atoms with Crippen LogP contribution in [-0.4, -0.2) is 42.4 Å². The minimum absolute atomic E-state index is 0.0176. The van der Waals surface area contributed by atoms with Crippen LogP contribution >= 0.6 is 0 Å². The average molecular weight is 310 g/mol. The molecule has 0 radical (unpaired) electrons. The summed E-state index contributed by atoms with van der Waals surface area (Å²) in [6, 6.07) is 1.97. The van der Waals surface area contributed by atoms with Crippen molar-refractivity contribution in [2.24, 2.45) is 11.3 Å². The first kappa shape index (κ1) is 15.7. The zero-order chi connectivity index (χ0) is 15.8. The normalized spacial score (nSPS) is 24.0. The fourth-order valence-electron chi connectivity index (χ4n) is 2.47. The highest BCUT2D eigenvalue weighted by molar-refractivity contribution is 7.90. The molecule has 2 atom stereocenters. The van der Waals surface area contributed by atoms with E-state index in [-0.39, 0.29) is 40.5 Å². The van der Waals surface area contributed by atoms with E-state index in [1.807, 2.05) is 19.9 Å². The van der Waals surface area contributed by atoms with Crippen LogP contribution in [0.2, 0.25) is 0 Å². The van der Waals surface area contributed by atoms with Crippen LogP contribution in [0.3, 0.4) is 0 Å². The van der Waals surface area contributed by atoms with Crippen LogP contribution in [0.4, 0.5) is 5.82 Å². The number of aromatic nitrogens is 2. The van der Waals surface area contributed by atoms with E-state index in [4.69, 9.17) is 5.26 Å². The summed E-state index contributed by atoms with van der Waals surface area (Å²) in [5, 5.41) is 21.2. The molecule has 0 bridgehead atoms. The van der Waals surface area contributed by atoms with Crippen LogP contribution in [0, 0.1) is 22.7 Å². The quantitative estimate of drug-likeness (QED) is 0.781. The second kappa shape index (κ2) is 5.24. The van der Waals surface area contributed by atoms with Gasteiger partial charge in [-0.05, 0) is 17.8 Å². The van der Waals surface area contributed by atoms with Gasteiger partial charge in [0.15, 0.2) is 0 Å². The highest BCUT2D eigenvalue weighted by atomic mass is 32.2. The largest absolute Gasteiger partial charge is 0.396 e. The fraction of sp³-hybridized carbons (Fsp3) is 0.615. The monoisotopic (exact) mass is 310 g/mol. The maximum Gasteiger partial charge on any atom is 0.248 e. The predicted molar refractivity (Wildman–Crippen MR) is 76.2 cm³/mol. The third-order valence-electron chi connectivity index (χ3n) is 4.22. The third kappa shape index (κ3) is 2.84. The molecule has 1 heterocycles. The van der Waals surface area contributed by atoms with E-state index >= 15 is 0 Å². The molecule has 0 aliphatic heterocycles. The molecule has 1 aromatic rings. The standard InChI is InChI=1S/C13H18N4O3S/c1-13(2)9(7-18)4-10(13)16-11-8(5-14)6-15-12(17-11)21(3,19)20/h6,9-10,18H,4,7H2,1-3H3,(H,15,16,17)/t9-,10-/m1/s1. The number of sulfone groups is 1. The number of aliphatic hydroxyl groups is 1. The van der Waals surface area contributed by atoms with Gasteiger partial charge in [-0.3, -0.25) is 0 Å². The summed E-state index contributed by atoms with van der Waals surface area (Å²) in [7, 11) is -3.53. The lowest BCUT2D eigenvalue weighted by atomic mass is 9.59. The summed E-state index contributed by atoms with van der Waals surface area (Å²) >= 11 is 0. The van der Waals surface area contributed by atoms with Gasteiger partial charge in [-0.25, -0.2) is 13.4 Å². The van der Waals surface area contributed by atoms with Gasteiger partial charge in [0.2, 0.25) is 15.0 Å². The lowest BCUT2D eigenvalue weighted by molar-refractivity contribution is 0.00446. The van der Waals surface area contributed by atoms with Gasteiger partial charge in [-0.2, -0.15) is 10.2 Å². The first-order valence-electron chi connectivity index (χ1n) is 6.54. The molecule has 2 N–H and O–H groups in total. The number of nitrogens with one attached hydrogen (secondary N) is 1. The molecule has 1 aliphatic carbocycles. The minimum atomic E-state index is -3.53. The minimum Gasteiger partial charge on any atom is -0.396 e. The Morgan fingerprint density at radius 3 is 2.71 bits per heavy atom. The van der Waals surface area contributed by atoms with Gasteiger partial charge in [0.05, 0.1) is 6.20 Å². The summed E-state index contributed by atoms with van der Waals surface area (Å²) in [4.78, 5) is 7.66. The predicted octanol–water partition coefficient (Wildman–Crippen LogP) is 0.571. The Balaban J connectivity index is 2.30. The Morgan fingerprint density at radius 1 is 1.57 bits per heavy atom. The van der Waals surface area contributed by atoms with Crippen LogP contribution in [0.5, 0.6) is 0 Å². The smallest absolute Gasteiger partial charge is 0.248 e. The first-order valence-corrected chi connectivity index (χ1v) is 8.44. The van der Waals surface area contributed by atoms with Gasteiger partial charge in [-0.1, -0.05) is 13.8 Å². The van der Waals surface area contributed by atoms with Crippen molar-refractivity contribution in [1.29, 1.82) is 5.26 Å². The Labute approximate surface area is 124 Å². The van der Waals surface area contributed by atoms with E-state index in [9.17, 15) is 13.5 Å². The molecular formula is C13H18N4O3S. The van der Waals surface area contributed by atoms with Gasteiger partial charge < -0.3 is 10.4 Å². The van der Waals surface area contributed by atoms with Crippen molar-refractivity contribution in [1.82, 2.24) is 9.97 Å². The fourth-order valence-corrected chi connectivity index (χ4v) is 2.97. The highest BCUT2D eigenvalue weighted by Gasteiger charge is 2.47. The molecule has 1 fully saturated rings. The lowest BCUT2D eigenvalue weighted by Crippen LogP contribution is -2.54. The van der Waals surface area contributed by atoms with Crippen LogP contribution in [0.15, 0.2) is 11.4 Å². The molecule has 1 saturated carbocycles. The van der Waals surface area contributed by atoms with Crippen molar-refractivity contribution < 1.29 is 13.5 Å². The van der Waals surface area contributed by atoms with Crippen molar-refractivity contribution >= 4 is 15.7 Å². The molecule has 1 aliphatic rings. The molecule has 21 heavy (non-hydrogen) atoms. The molecule has 1 aromatic heterocycles. The summed E-state index contributed by atoms with van der Waals surface area (Å²) < 4.78 is 23.0. The van der Waals surface area contributed by atoms with Gasteiger partial charge in [0.25, 0.3) is 0 Å². The van der Waals surface area contributed by atoms with Gasteiger partial charge >= 0.3 is 0 Å². The van der Waals surface area contributed by atoms with Crippen LogP contribution in [0.25, 0.3) is 0 Å². The molecule has 2 rings (SSSR count). The lowest BCUT2D eigenvalue weighted by Gasteiger charge is -2.52. The van der Waals surface area contributed by atoms with Crippen LogP contribution in [0.1, 0.15) is 25.8 Å². The molecule has 0 saturated heterocycles. The zero-order valence-corrected chi connectivity index (χ0v) is 13.0. The molecule has 0 amide bonds. The second-order valence-electron chi connectivity index (χ2n) is 5.93. The van der Waals surface area contributed by atoms with Crippen molar-refractivity contribution in [3.8, 4) is 6.07 Å². The summed E-state index contributed by atoms with van der Waals surface area (Å²) in [5.74, 6) is 0.402. The molecule has 0 aromatic carbocycles. The van der Waals surface area contributed by atoms with E-state index in [1.165, 1.54) is 6.20 Å². The Hall–Kier alpha value is -1.72. The maximum atomic E-state index is 11.5. The zero-order valence-electron chi connectivity index (χ0n) is 12.2. The molecule has 0 unspecified atom stereocenters. The Kier molecular flexibility index (Phi) is 3.91. The molecular weight excluding hydrogens is 292 g/mol. The van der Waals surface area contributed by atoms with Crippen molar-refractivity contribution in [3.05, 3.63) is 11.8 Å². The topological polar surface area (TPSA) is 116 Å². The van der Waals surface area contributed by atoms with E-state index in [1.54, 1.807) is 0 Å². The highest BCUT2D eigenvalue weighted by Crippen LogP contribution is 2.47. The van der Waals surface area contributed by atoms with E-state index in [0.717, 1.165) is 12.7 Å². The Bertz CT molecular complexity index is 694. The molecule has 0 spiro atoms. The molecule has 7 nitrogen and oxygen atoms in total. The number of nitrogens with zero attached hydrogens (tertiary/aromatic N) is 3. The number of aliphatic hydroxyl groups excluding tert-OH is 1. The molecule has 8 heteroatoms. The van der Waals surface area contributed by atoms with Crippen molar-refractivity contribution in [2.75, 3.05) is 18.2 Å². The number of hydrogen-bond acceptors (Lipinski definition) is 7. The van der Waals surface area contributed by atoms with Gasteiger partial charge in [0.1, 0.15) is 17.5 Å². The van der Waals surface area contributed by atoms with E-state index in [2.05, 4.69) is 15.3 Å². The maximum absolute atomic E-state index is 11.5. The van der Waals surface area contributed by atoms with E-state index in [0.29, 0.717) is 0 Å². The Morgan fingerprint density at radius 2 is 2.24 bits per heavy atom. The number of rotatable bonds is 4. The molecule has 114 valence electrons. The van der Waals surface area contributed by atoms with Crippen molar-refractivity contribution in [3.63, 3.8) is 0 Å². The van der Waals surface area contributed by atoms with Gasteiger partial charge in [-0.15, -0.1) is 0 Å². The first-order chi connectivity index (χ1) is 9.70. The van der Waals surface area contributed by atoms with E-state index < -0.39 is 9.84 Å². The van der Waals surface area contributed by atoms with Crippen LogP contribution in [-0.2, 0) is 9.84 Å². The average Bonchev–Trinajstić information content (AvgIpc) is 2.41.